The highest BCUT2D eigenvalue weighted by Crippen LogP contribution is 1.61. The third kappa shape index (κ3) is 3.47. The molecule has 0 atom stereocenters. The first kappa shape index (κ1) is 5.47. The lowest BCUT2D eigenvalue weighted by Crippen LogP contribution is -2.10. The minimum Gasteiger partial charge on any atom is -0.359 e. The summed E-state index contributed by atoms with van der Waals surface area (Å²) in [6, 6.07) is 0. The highest BCUT2D eigenvalue weighted by atomic mass is 16.1. The first-order valence-corrected chi connectivity index (χ1v) is 1.79. The molecule has 0 rings (SSSR count). The van der Waals surface area contributed by atoms with E-state index in [1.165, 1.54) is 0 Å². The van der Waals surface area contributed by atoms with Crippen LogP contribution in [-0.4, -0.2) is 13.0 Å². The Morgan fingerprint density at radius 1 is 1.83 bits per heavy atom. The predicted molar refractivity (Wildman–Crippen MR) is 23.0 cm³/mol. The molecule has 0 unspecified atom stereocenters. The summed E-state index contributed by atoms with van der Waals surface area (Å²) in [5.74, 6) is 0. The number of rotatable bonds is 3. The zero-order valence-electron chi connectivity index (χ0n) is 3.48. The largest absolute Gasteiger partial charge is 0.359 e. The summed E-state index contributed by atoms with van der Waals surface area (Å²) in [7, 11) is 0. The first-order valence-electron chi connectivity index (χ1n) is 1.79. The van der Waals surface area contributed by atoms with Crippen LogP contribution in [0.15, 0.2) is 0 Å². The molecule has 0 saturated carbocycles. The molecule has 2 heteroatoms. The second kappa shape index (κ2) is 4.47. The molecule has 0 aliphatic heterocycles. The predicted octanol–water partition coefficient (Wildman–Crippen LogP) is -0.166. The van der Waals surface area contributed by atoms with E-state index in [-0.39, 0.29) is 0 Å². The van der Waals surface area contributed by atoms with Gasteiger partial charge in [0.15, 0.2) is 0 Å². The van der Waals surface area contributed by atoms with Crippen molar-refractivity contribution in [1.82, 2.24) is 5.32 Å². The summed E-state index contributed by atoms with van der Waals surface area (Å²) in [6.45, 7) is 5.57. The lowest BCUT2D eigenvalue weighted by Gasteiger charge is -1.85. The molecule has 0 aliphatic rings. The van der Waals surface area contributed by atoms with E-state index in [9.17, 15) is 4.79 Å². The maximum Gasteiger partial charge on any atom is 0.207 e. The Morgan fingerprint density at radius 3 is 2.67 bits per heavy atom. The van der Waals surface area contributed by atoms with Crippen molar-refractivity contribution in [2.24, 2.45) is 0 Å². The molecule has 34 valence electrons. The molecule has 0 spiro atoms. The zero-order chi connectivity index (χ0) is 4.83. The van der Waals surface area contributed by atoms with Gasteiger partial charge in [0, 0.05) is 6.54 Å². The van der Waals surface area contributed by atoms with E-state index in [0.717, 1.165) is 0 Å². The standard InChI is InChI=1S/C4H7NO/c1-2-3-5-4-6/h1,4H,2-3H2,(H,5,6). The van der Waals surface area contributed by atoms with Crippen LogP contribution in [-0.2, 0) is 4.79 Å². The van der Waals surface area contributed by atoms with Gasteiger partial charge in [0.2, 0.25) is 6.41 Å². The number of nitrogens with one attached hydrogen (secondary N) is 1. The zero-order valence-corrected chi connectivity index (χ0v) is 3.48. The summed E-state index contributed by atoms with van der Waals surface area (Å²) in [6.07, 6.45) is 1.14. The molecule has 0 saturated heterocycles. The van der Waals surface area contributed by atoms with Gasteiger partial charge in [-0.05, 0) is 13.3 Å². The van der Waals surface area contributed by atoms with Gasteiger partial charge in [-0.1, -0.05) is 0 Å². The molecule has 0 aromatic rings. The molecule has 0 aromatic heterocycles. The summed E-state index contributed by atoms with van der Waals surface area (Å²) >= 11 is 0. The number of hydrogen-bond acceptors (Lipinski definition) is 1. The topological polar surface area (TPSA) is 29.1 Å². The smallest absolute Gasteiger partial charge is 0.207 e. The Kier molecular flexibility index (Phi) is 4.08. The second-order valence-electron chi connectivity index (χ2n) is 0.861. The van der Waals surface area contributed by atoms with Crippen LogP contribution in [0, 0.1) is 6.92 Å². The van der Waals surface area contributed by atoms with Crippen LogP contribution >= 0.6 is 0 Å². The Hall–Kier alpha value is -0.530. The maximum atomic E-state index is 9.40. The fourth-order valence-corrected chi connectivity index (χ4v) is 0.142. The van der Waals surface area contributed by atoms with E-state index >= 15 is 0 Å². The van der Waals surface area contributed by atoms with Crippen LogP contribution in [0.1, 0.15) is 6.42 Å². The third-order valence-electron chi connectivity index (χ3n) is 0.372. The van der Waals surface area contributed by atoms with Crippen LogP contribution in [0.4, 0.5) is 0 Å². The molecule has 6 heavy (non-hydrogen) atoms. The monoisotopic (exact) mass is 85.1 g/mol. The van der Waals surface area contributed by atoms with Gasteiger partial charge >= 0.3 is 0 Å². The average molecular weight is 85.1 g/mol. The van der Waals surface area contributed by atoms with Crippen molar-refractivity contribution < 1.29 is 4.79 Å². The molecule has 2 nitrogen and oxygen atoms in total. The summed E-state index contributed by atoms with van der Waals surface area (Å²) in [4.78, 5) is 9.40. The molecule has 1 N–H and O–H groups in total. The fraction of sp³-hybridized carbons (Fsp3) is 0.500. The Morgan fingerprint density at radius 2 is 2.50 bits per heavy atom. The lowest BCUT2D eigenvalue weighted by atomic mass is 10.5. The lowest BCUT2D eigenvalue weighted by molar-refractivity contribution is -0.109. The van der Waals surface area contributed by atoms with Crippen molar-refractivity contribution >= 4 is 6.41 Å². The van der Waals surface area contributed by atoms with Crippen LogP contribution in [0.2, 0.25) is 0 Å². The van der Waals surface area contributed by atoms with E-state index in [1.807, 2.05) is 0 Å². The van der Waals surface area contributed by atoms with Crippen LogP contribution in [0.5, 0.6) is 0 Å². The molecule has 0 fully saturated rings. The van der Waals surface area contributed by atoms with Gasteiger partial charge in [-0.2, -0.15) is 0 Å². The van der Waals surface area contributed by atoms with Crippen LogP contribution in [0.25, 0.3) is 0 Å². The Bertz CT molecular complexity index is 36.5. The Labute approximate surface area is 37.5 Å². The van der Waals surface area contributed by atoms with Crippen LogP contribution < -0.4 is 5.32 Å². The first-order chi connectivity index (χ1) is 2.91. The van der Waals surface area contributed by atoms with Gasteiger partial charge in [0.05, 0.1) is 0 Å². The molecule has 0 aromatic carbocycles. The number of hydrogen-bond donors (Lipinski definition) is 1. The normalized spacial score (nSPS) is 7.50. The maximum absolute atomic E-state index is 9.40. The third-order valence-corrected chi connectivity index (χ3v) is 0.372. The van der Waals surface area contributed by atoms with Crippen molar-refractivity contribution in [2.75, 3.05) is 6.54 Å². The number of carbonyl (C=O) groups is 1. The highest BCUT2D eigenvalue weighted by molar-refractivity contribution is 5.45. The summed E-state index contributed by atoms with van der Waals surface area (Å²) in [5, 5.41) is 2.39. The second-order valence-corrected chi connectivity index (χ2v) is 0.861. The van der Waals surface area contributed by atoms with Gasteiger partial charge in [-0.3, -0.25) is 4.79 Å². The number of amides is 1. The highest BCUT2D eigenvalue weighted by Gasteiger charge is 1.70. The minimum absolute atomic E-state index is 0.513. The van der Waals surface area contributed by atoms with Gasteiger partial charge in [0.25, 0.3) is 0 Å². The summed E-state index contributed by atoms with van der Waals surface area (Å²) in [5.41, 5.74) is 0. The molecule has 2 radical (unpaired) electrons. The molecule has 0 aliphatic carbocycles. The Balaban J connectivity index is 2.49. The van der Waals surface area contributed by atoms with Crippen molar-refractivity contribution in [1.29, 1.82) is 0 Å². The molecular weight excluding hydrogens is 78.0 g/mol. The van der Waals surface area contributed by atoms with Crippen molar-refractivity contribution in [2.45, 2.75) is 6.42 Å². The minimum atomic E-state index is 0.513. The van der Waals surface area contributed by atoms with E-state index in [2.05, 4.69) is 5.32 Å². The molecule has 0 bridgehead atoms. The van der Waals surface area contributed by atoms with E-state index in [4.69, 9.17) is 6.92 Å². The van der Waals surface area contributed by atoms with Crippen molar-refractivity contribution in [3.63, 3.8) is 0 Å². The van der Waals surface area contributed by atoms with Gasteiger partial charge in [-0.15, -0.1) is 0 Å². The molecule has 1 amide bonds. The quantitative estimate of drug-likeness (QED) is 0.374. The van der Waals surface area contributed by atoms with Crippen molar-refractivity contribution in [3.8, 4) is 0 Å². The molecule has 0 heterocycles. The molecular formula is C4H7NO. The average Bonchev–Trinajstić information content (AvgIpc) is 1.61. The van der Waals surface area contributed by atoms with Crippen molar-refractivity contribution in [3.05, 3.63) is 6.92 Å². The SMILES string of the molecule is [CH]CCNC=O. The summed E-state index contributed by atoms with van der Waals surface area (Å²) < 4.78 is 0. The van der Waals surface area contributed by atoms with E-state index in [1.54, 1.807) is 0 Å². The van der Waals surface area contributed by atoms with Gasteiger partial charge in [-0.25, -0.2) is 0 Å². The number of carbonyl (C=O) groups excluding carboxylic acids is 1. The fourth-order valence-electron chi connectivity index (χ4n) is 0.142. The van der Waals surface area contributed by atoms with Gasteiger partial charge < -0.3 is 5.32 Å². The van der Waals surface area contributed by atoms with E-state index < -0.39 is 0 Å². The van der Waals surface area contributed by atoms with Crippen LogP contribution in [0.3, 0.4) is 0 Å². The van der Waals surface area contributed by atoms with E-state index in [0.29, 0.717) is 19.4 Å². The van der Waals surface area contributed by atoms with Gasteiger partial charge in [0.1, 0.15) is 0 Å².